The number of carbonyl (C=O) groups excluding carboxylic acids is 1. The van der Waals surface area contributed by atoms with Crippen molar-refractivity contribution in [1.82, 2.24) is 4.72 Å². The minimum Gasteiger partial charge on any atom is -0.496 e. The Morgan fingerprint density at radius 3 is 2.32 bits per heavy atom. The Labute approximate surface area is 133 Å². The highest BCUT2D eigenvalue weighted by Crippen LogP contribution is 2.34. The van der Waals surface area contributed by atoms with Crippen molar-refractivity contribution in [3.05, 3.63) is 54.1 Å². The SMILES string of the molecule is COc1ccccc1Sc1ccc(C(=O)NS(C)(=O)=O)cc1. The number of hydrogen-bond donors (Lipinski definition) is 1. The summed E-state index contributed by atoms with van der Waals surface area (Å²) in [6, 6.07) is 14.3. The molecule has 1 amide bonds. The lowest BCUT2D eigenvalue weighted by Gasteiger charge is -2.08. The van der Waals surface area contributed by atoms with Crippen molar-refractivity contribution in [2.75, 3.05) is 13.4 Å². The number of sulfonamides is 1. The van der Waals surface area contributed by atoms with Gasteiger partial charge < -0.3 is 4.74 Å². The van der Waals surface area contributed by atoms with E-state index >= 15 is 0 Å². The van der Waals surface area contributed by atoms with Gasteiger partial charge in [0.25, 0.3) is 5.91 Å². The van der Waals surface area contributed by atoms with Crippen molar-refractivity contribution in [2.45, 2.75) is 9.79 Å². The maximum absolute atomic E-state index is 11.7. The molecule has 0 unspecified atom stereocenters. The van der Waals surface area contributed by atoms with Crippen molar-refractivity contribution >= 4 is 27.7 Å². The molecule has 0 radical (unpaired) electrons. The Bertz CT molecular complexity index is 770. The van der Waals surface area contributed by atoms with Crippen molar-refractivity contribution in [1.29, 1.82) is 0 Å². The number of ether oxygens (including phenoxy) is 1. The van der Waals surface area contributed by atoms with Crippen LogP contribution >= 0.6 is 11.8 Å². The molecule has 5 nitrogen and oxygen atoms in total. The molecular formula is C15H15NO4S2. The van der Waals surface area contributed by atoms with Gasteiger partial charge in [0.1, 0.15) is 5.75 Å². The van der Waals surface area contributed by atoms with E-state index in [9.17, 15) is 13.2 Å². The van der Waals surface area contributed by atoms with Crippen LogP contribution < -0.4 is 9.46 Å². The van der Waals surface area contributed by atoms with Crippen LogP contribution in [0.4, 0.5) is 0 Å². The van der Waals surface area contributed by atoms with E-state index in [0.29, 0.717) is 0 Å². The zero-order valence-electron chi connectivity index (χ0n) is 12.1. The molecule has 0 aliphatic carbocycles. The molecule has 116 valence electrons. The summed E-state index contributed by atoms with van der Waals surface area (Å²) in [5.74, 6) is 0.128. The second kappa shape index (κ2) is 6.85. The predicted molar refractivity (Wildman–Crippen MR) is 85.9 cm³/mol. The molecule has 0 fully saturated rings. The van der Waals surface area contributed by atoms with Gasteiger partial charge in [0.2, 0.25) is 10.0 Å². The Hall–Kier alpha value is -1.99. The molecule has 0 atom stereocenters. The predicted octanol–water partition coefficient (Wildman–Crippen LogP) is 2.54. The second-order valence-corrected chi connectivity index (χ2v) is 7.34. The van der Waals surface area contributed by atoms with Crippen LogP contribution in [-0.4, -0.2) is 27.7 Å². The molecule has 2 aromatic rings. The summed E-state index contributed by atoms with van der Waals surface area (Å²) in [5.41, 5.74) is 0.287. The number of carbonyl (C=O) groups is 1. The summed E-state index contributed by atoms with van der Waals surface area (Å²) in [5, 5.41) is 0. The summed E-state index contributed by atoms with van der Waals surface area (Å²) in [7, 11) is -1.95. The lowest BCUT2D eigenvalue weighted by atomic mass is 10.2. The zero-order chi connectivity index (χ0) is 16.2. The molecule has 2 rings (SSSR count). The molecule has 0 aromatic heterocycles. The molecule has 2 aromatic carbocycles. The summed E-state index contributed by atoms with van der Waals surface area (Å²) in [6.45, 7) is 0. The lowest BCUT2D eigenvalue weighted by Crippen LogP contribution is -2.29. The molecule has 7 heteroatoms. The molecule has 0 spiro atoms. The largest absolute Gasteiger partial charge is 0.496 e. The topological polar surface area (TPSA) is 72.5 Å². The van der Waals surface area contributed by atoms with Crippen LogP contribution in [0, 0.1) is 0 Å². The number of rotatable bonds is 5. The van der Waals surface area contributed by atoms with E-state index in [1.54, 1.807) is 31.4 Å². The number of amides is 1. The van der Waals surface area contributed by atoms with Crippen LogP contribution in [0.25, 0.3) is 0 Å². The van der Waals surface area contributed by atoms with E-state index in [4.69, 9.17) is 4.74 Å². The molecule has 0 saturated heterocycles. The maximum Gasteiger partial charge on any atom is 0.264 e. The Morgan fingerprint density at radius 2 is 1.73 bits per heavy atom. The standard InChI is InChI=1S/C15H15NO4S2/c1-20-13-5-3-4-6-14(13)21-12-9-7-11(8-10-12)15(17)16-22(2,18)19/h3-10H,1-2H3,(H,16,17). The van der Waals surface area contributed by atoms with Gasteiger partial charge in [-0.3, -0.25) is 4.79 Å². The van der Waals surface area contributed by atoms with Crippen LogP contribution in [0.15, 0.2) is 58.3 Å². The minimum absolute atomic E-state index is 0.287. The van der Waals surface area contributed by atoms with E-state index in [0.717, 1.165) is 21.8 Å². The van der Waals surface area contributed by atoms with Crippen molar-refractivity contribution < 1.29 is 17.9 Å². The fourth-order valence-corrected chi connectivity index (χ4v) is 3.11. The third kappa shape index (κ3) is 4.51. The highest BCUT2D eigenvalue weighted by molar-refractivity contribution is 7.99. The fraction of sp³-hybridized carbons (Fsp3) is 0.133. The number of methoxy groups -OCH3 is 1. The van der Waals surface area contributed by atoms with Gasteiger partial charge >= 0.3 is 0 Å². The average molecular weight is 337 g/mol. The smallest absolute Gasteiger partial charge is 0.264 e. The van der Waals surface area contributed by atoms with Crippen molar-refractivity contribution in [2.24, 2.45) is 0 Å². The van der Waals surface area contributed by atoms with Crippen molar-refractivity contribution in [3.8, 4) is 5.75 Å². The van der Waals surface area contributed by atoms with E-state index in [2.05, 4.69) is 0 Å². The maximum atomic E-state index is 11.7. The minimum atomic E-state index is -3.56. The van der Waals surface area contributed by atoms with E-state index in [-0.39, 0.29) is 5.56 Å². The first-order chi connectivity index (χ1) is 10.4. The van der Waals surface area contributed by atoms with Gasteiger partial charge in [-0.1, -0.05) is 23.9 Å². The molecular weight excluding hydrogens is 322 g/mol. The molecule has 0 saturated carbocycles. The van der Waals surface area contributed by atoms with Gasteiger partial charge in [-0.05, 0) is 36.4 Å². The first-order valence-corrected chi connectivity index (χ1v) is 9.03. The number of nitrogens with one attached hydrogen (secondary N) is 1. The fourth-order valence-electron chi connectivity index (χ4n) is 1.73. The first kappa shape index (κ1) is 16.4. The van der Waals surface area contributed by atoms with Gasteiger partial charge in [0.15, 0.2) is 0 Å². The highest BCUT2D eigenvalue weighted by atomic mass is 32.2. The molecule has 0 heterocycles. The van der Waals surface area contributed by atoms with Crippen LogP contribution in [0.2, 0.25) is 0 Å². The normalized spacial score (nSPS) is 11.0. The van der Waals surface area contributed by atoms with Gasteiger partial charge in [-0.15, -0.1) is 0 Å². The van der Waals surface area contributed by atoms with E-state index in [1.165, 1.54) is 11.8 Å². The van der Waals surface area contributed by atoms with Crippen LogP contribution in [0.1, 0.15) is 10.4 Å². The van der Waals surface area contributed by atoms with Crippen LogP contribution in [-0.2, 0) is 10.0 Å². The van der Waals surface area contributed by atoms with Gasteiger partial charge in [-0.2, -0.15) is 0 Å². The second-order valence-electron chi connectivity index (χ2n) is 4.48. The quantitative estimate of drug-likeness (QED) is 0.908. The average Bonchev–Trinajstić information content (AvgIpc) is 2.47. The summed E-state index contributed by atoms with van der Waals surface area (Å²) in [6.07, 6.45) is 0.941. The first-order valence-electron chi connectivity index (χ1n) is 6.32. The summed E-state index contributed by atoms with van der Waals surface area (Å²) >= 11 is 1.50. The molecule has 0 aliphatic rings. The zero-order valence-corrected chi connectivity index (χ0v) is 13.7. The number of para-hydroxylation sites is 1. The third-order valence-corrected chi connectivity index (χ3v) is 4.31. The van der Waals surface area contributed by atoms with Crippen LogP contribution in [0.3, 0.4) is 0 Å². The Kier molecular flexibility index (Phi) is 5.10. The Balaban J connectivity index is 2.14. The van der Waals surface area contributed by atoms with Gasteiger partial charge in [-0.25, -0.2) is 13.1 Å². The third-order valence-electron chi connectivity index (χ3n) is 2.69. The number of benzene rings is 2. The van der Waals surface area contributed by atoms with Gasteiger partial charge in [0, 0.05) is 10.5 Å². The molecule has 0 bridgehead atoms. The summed E-state index contributed by atoms with van der Waals surface area (Å²) < 4.78 is 29.3. The van der Waals surface area contributed by atoms with Crippen molar-refractivity contribution in [3.63, 3.8) is 0 Å². The number of hydrogen-bond acceptors (Lipinski definition) is 5. The molecule has 1 N–H and O–H groups in total. The van der Waals surface area contributed by atoms with E-state index in [1.807, 2.05) is 29.0 Å². The van der Waals surface area contributed by atoms with Gasteiger partial charge in [0.05, 0.1) is 18.3 Å². The lowest BCUT2D eigenvalue weighted by molar-refractivity contribution is 0.0981. The molecule has 22 heavy (non-hydrogen) atoms. The molecule has 0 aliphatic heterocycles. The van der Waals surface area contributed by atoms with E-state index < -0.39 is 15.9 Å². The monoisotopic (exact) mass is 337 g/mol. The summed E-state index contributed by atoms with van der Waals surface area (Å²) in [4.78, 5) is 13.6. The Morgan fingerprint density at radius 1 is 1.09 bits per heavy atom. The van der Waals surface area contributed by atoms with Crippen LogP contribution in [0.5, 0.6) is 5.75 Å². The highest BCUT2D eigenvalue weighted by Gasteiger charge is 2.11.